The minimum Gasteiger partial charge on any atom is -0.493 e. The number of hydrogen-bond acceptors (Lipinski definition) is 3. The average Bonchev–Trinajstić information content (AvgIpc) is 2.36. The monoisotopic (exact) mass is 264 g/mol. The number of ether oxygens (including phenoxy) is 2. The molecule has 0 heterocycles. The molecule has 3 heteroatoms. The van der Waals surface area contributed by atoms with Gasteiger partial charge in [0.05, 0.1) is 18.3 Å². The summed E-state index contributed by atoms with van der Waals surface area (Å²) in [5.41, 5.74) is 1.88. The predicted octanol–water partition coefficient (Wildman–Crippen LogP) is 3.39. The molecule has 1 aliphatic rings. The number of methoxy groups -OCH3 is 1. The van der Waals surface area contributed by atoms with Crippen LogP contribution in [0.1, 0.15) is 49.8 Å². The number of aliphatic hydroxyl groups excluding tert-OH is 1. The van der Waals surface area contributed by atoms with Crippen LogP contribution in [0.5, 0.6) is 5.75 Å². The third-order valence-corrected chi connectivity index (χ3v) is 4.09. The Morgan fingerprint density at radius 1 is 1.37 bits per heavy atom. The Bertz CT molecular complexity index is 418. The van der Waals surface area contributed by atoms with Gasteiger partial charge in [-0.3, -0.25) is 0 Å². The normalized spacial score (nSPS) is 18.7. The van der Waals surface area contributed by atoms with Crippen molar-refractivity contribution < 1.29 is 14.6 Å². The van der Waals surface area contributed by atoms with Gasteiger partial charge >= 0.3 is 0 Å². The van der Waals surface area contributed by atoms with Crippen molar-refractivity contribution >= 4 is 0 Å². The highest BCUT2D eigenvalue weighted by Crippen LogP contribution is 2.43. The molecule has 0 bridgehead atoms. The summed E-state index contributed by atoms with van der Waals surface area (Å²) in [6.07, 6.45) is 3.38. The first kappa shape index (κ1) is 14.4. The second-order valence-electron chi connectivity index (χ2n) is 5.43. The zero-order chi connectivity index (χ0) is 13.9. The summed E-state index contributed by atoms with van der Waals surface area (Å²) >= 11 is 0. The molecule has 0 aliphatic heterocycles. The molecule has 1 N–H and O–H groups in total. The van der Waals surface area contributed by atoms with Crippen LogP contribution in [0.15, 0.2) is 18.2 Å². The predicted molar refractivity (Wildman–Crippen MR) is 75.5 cm³/mol. The van der Waals surface area contributed by atoms with E-state index in [-0.39, 0.29) is 5.60 Å². The molecule has 1 saturated carbocycles. The quantitative estimate of drug-likeness (QED) is 0.856. The standard InChI is InChI=1S/C16H24O3/c1-4-19-15-7-6-12(2)10-13(15)14(17)11-16(18-3)8-5-9-16/h6-7,10,14,17H,4-5,8-9,11H2,1-3H3. The molecule has 0 amide bonds. The van der Waals surface area contributed by atoms with Gasteiger partial charge in [-0.05, 0) is 45.2 Å². The smallest absolute Gasteiger partial charge is 0.125 e. The molecule has 0 saturated heterocycles. The summed E-state index contributed by atoms with van der Waals surface area (Å²) in [7, 11) is 1.74. The van der Waals surface area contributed by atoms with E-state index >= 15 is 0 Å². The largest absolute Gasteiger partial charge is 0.493 e. The first-order valence-corrected chi connectivity index (χ1v) is 7.07. The van der Waals surface area contributed by atoms with Crippen molar-refractivity contribution in [2.24, 2.45) is 0 Å². The molecule has 1 aliphatic carbocycles. The molecular formula is C16H24O3. The van der Waals surface area contributed by atoms with Crippen LogP contribution in [0.4, 0.5) is 0 Å². The van der Waals surface area contributed by atoms with Gasteiger partial charge in [0.2, 0.25) is 0 Å². The second kappa shape index (κ2) is 5.93. The molecule has 1 unspecified atom stereocenters. The summed E-state index contributed by atoms with van der Waals surface area (Å²) < 4.78 is 11.2. The Hall–Kier alpha value is -1.06. The Morgan fingerprint density at radius 2 is 2.11 bits per heavy atom. The lowest BCUT2D eigenvalue weighted by molar-refractivity contribution is -0.100. The van der Waals surface area contributed by atoms with E-state index in [0.29, 0.717) is 13.0 Å². The molecule has 19 heavy (non-hydrogen) atoms. The Balaban J connectivity index is 2.17. The molecule has 0 aromatic heterocycles. The maximum atomic E-state index is 10.5. The van der Waals surface area contributed by atoms with Gasteiger partial charge in [0.1, 0.15) is 5.75 Å². The zero-order valence-corrected chi connectivity index (χ0v) is 12.1. The highest BCUT2D eigenvalue weighted by Gasteiger charge is 2.39. The van der Waals surface area contributed by atoms with Crippen LogP contribution >= 0.6 is 0 Å². The summed E-state index contributed by atoms with van der Waals surface area (Å²) in [5, 5.41) is 10.5. The van der Waals surface area contributed by atoms with Crippen molar-refractivity contribution in [3.8, 4) is 5.75 Å². The molecule has 1 atom stereocenters. The van der Waals surface area contributed by atoms with Gasteiger partial charge < -0.3 is 14.6 Å². The van der Waals surface area contributed by atoms with E-state index in [0.717, 1.165) is 29.7 Å². The summed E-state index contributed by atoms with van der Waals surface area (Å²) in [6.45, 7) is 4.60. The number of rotatable bonds is 6. The van der Waals surface area contributed by atoms with Crippen LogP contribution in [-0.2, 0) is 4.74 Å². The minimum atomic E-state index is -0.526. The first-order valence-electron chi connectivity index (χ1n) is 7.07. The van der Waals surface area contributed by atoms with E-state index in [1.807, 2.05) is 32.0 Å². The highest BCUT2D eigenvalue weighted by molar-refractivity contribution is 5.38. The lowest BCUT2D eigenvalue weighted by atomic mass is 9.75. The molecule has 106 valence electrons. The maximum Gasteiger partial charge on any atom is 0.125 e. The Labute approximate surface area is 115 Å². The van der Waals surface area contributed by atoms with Crippen molar-refractivity contribution in [1.82, 2.24) is 0 Å². The first-order chi connectivity index (χ1) is 9.10. The molecule has 3 nitrogen and oxygen atoms in total. The average molecular weight is 264 g/mol. The molecule has 1 aromatic carbocycles. The van der Waals surface area contributed by atoms with Gasteiger partial charge in [-0.15, -0.1) is 0 Å². The fraction of sp³-hybridized carbons (Fsp3) is 0.625. The van der Waals surface area contributed by atoms with Gasteiger partial charge in [-0.2, -0.15) is 0 Å². The van der Waals surface area contributed by atoms with Crippen LogP contribution < -0.4 is 4.74 Å². The van der Waals surface area contributed by atoms with Crippen LogP contribution in [0.3, 0.4) is 0 Å². The lowest BCUT2D eigenvalue weighted by Gasteiger charge is -2.42. The third kappa shape index (κ3) is 3.10. The number of hydrogen-bond donors (Lipinski definition) is 1. The molecule has 1 fully saturated rings. The van der Waals surface area contributed by atoms with Crippen LogP contribution in [0, 0.1) is 6.92 Å². The van der Waals surface area contributed by atoms with Gasteiger partial charge in [-0.25, -0.2) is 0 Å². The van der Waals surface area contributed by atoms with E-state index in [4.69, 9.17) is 9.47 Å². The van der Waals surface area contributed by atoms with Crippen LogP contribution in [-0.4, -0.2) is 24.4 Å². The van der Waals surface area contributed by atoms with Gasteiger partial charge in [0.15, 0.2) is 0 Å². The highest BCUT2D eigenvalue weighted by atomic mass is 16.5. The van der Waals surface area contributed by atoms with Gasteiger partial charge in [0, 0.05) is 19.1 Å². The van der Waals surface area contributed by atoms with Crippen molar-refractivity contribution in [3.63, 3.8) is 0 Å². The van der Waals surface area contributed by atoms with Crippen molar-refractivity contribution in [2.45, 2.75) is 51.2 Å². The second-order valence-corrected chi connectivity index (χ2v) is 5.43. The number of aryl methyl sites for hydroxylation is 1. The SMILES string of the molecule is CCOc1ccc(C)cc1C(O)CC1(OC)CCC1. The Kier molecular flexibility index (Phi) is 4.48. The molecule has 0 spiro atoms. The van der Waals surface area contributed by atoms with Gasteiger partial charge in [0.25, 0.3) is 0 Å². The number of benzene rings is 1. The molecule has 1 aromatic rings. The topological polar surface area (TPSA) is 38.7 Å². The third-order valence-electron chi connectivity index (χ3n) is 4.09. The summed E-state index contributed by atoms with van der Waals surface area (Å²) in [4.78, 5) is 0. The molecular weight excluding hydrogens is 240 g/mol. The maximum absolute atomic E-state index is 10.5. The fourth-order valence-electron chi connectivity index (χ4n) is 2.74. The van der Waals surface area contributed by atoms with E-state index in [2.05, 4.69) is 0 Å². The van der Waals surface area contributed by atoms with Crippen LogP contribution in [0.2, 0.25) is 0 Å². The van der Waals surface area contributed by atoms with E-state index in [1.54, 1.807) is 7.11 Å². The summed E-state index contributed by atoms with van der Waals surface area (Å²) in [6, 6.07) is 5.96. The van der Waals surface area contributed by atoms with Crippen LogP contribution in [0.25, 0.3) is 0 Å². The fourth-order valence-corrected chi connectivity index (χ4v) is 2.74. The Morgan fingerprint density at radius 3 is 2.63 bits per heavy atom. The van der Waals surface area contributed by atoms with E-state index < -0.39 is 6.10 Å². The van der Waals surface area contributed by atoms with Crippen molar-refractivity contribution in [3.05, 3.63) is 29.3 Å². The zero-order valence-electron chi connectivity index (χ0n) is 12.1. The van der Waals surface area contributed by atoms with Crippen molar-refractivity contribution in [2.75, 3.05) is 13.7 Å². The van der Waals surface area contributed by atoms with E-state index in [1.165, 1.54) is 6.42 Å². The molecule has 0 radical (unpaired) electrons. The minimum absolute atomic E-state index is 0.132. The molecule has 2 rings (SSSR count). The lowest BCUT2D eigenvalue weighted by Crippen LogP contribution is -2.40. The summed E-state index contributed by atoms with van der Waals surface area (Å²) in [5.74, 6) is 0.783. The van der Waals surface area contributed by atoms with Gasteiger partial charge in [-0.1, -0.05) is 11.6 Å². The van der Waals surface area contributed by atoms with E-state index in [9.17, 15) is 5.11 Å². The van der Waals surface area contributed by atoms with Crippen molar-refractivity contribution in [1.29, 1.82) is 0 Å². The number of aliphatic hydroxyl groups is 1.